The molecule has 1 aliphatic carbocycles. The van der Waals surface area contributed by atoms with Crippen LogP contribution in [0.3, 0.4) is 0 Å². The van der Waals surface area contributed by atoms with Gasteiger partial charge in [0.2, 0.25) is 0 Å². The Morgan fingerprint density at radius 1 is 1.11 bits per heavy atom. The average Bonchev–Trinajstić information content (AvgIpc) is 3.77. The second kappa shape index (κ2) is 11.7. The van der Waals surface area contributed by atoms with Gasteiger partial charge in [-0.2, -0.15) is 9.97 Å². The van der Waals surface area contributed by atoms with E-state index in [-0.39, 0.29) is 50.8 Å². The number of benzene rings is 2. The Kier molecular flexibility index (Phi) is 7.45. The van der Waals surface area contributed by atoms with Crippen molar-refractivity contribution in [3.8, 4) is 35.4 Å². The van der Waals surface area contributed by atoms with Crippen LogP contribution in [0.2, 0.25) is 0 Å². The summed E-state index contributed by atoms with van der Waals surface area (Å²) in [6.07, 6.45) is 14.2. The molecule has 47 heavy (non-hydrogen) atoms. The normalized spacial score (nSPS) is 22.4. The van der Waals surface area contributed by atoms with Crippen LogP contribution in [-0.4, -0.2) is 82.7 Å². The lowest BCUT2D eigenvalue weighted by Crippen LogP contribution is -2.51. The predicted molar refractivity (Wildman–Crippen MR) is 174 cm³/mol. The SMILES string of the molecule is C#Cc1c(F)ccc2cc(O)cc(-c3ncc4c(N5CC6CCC(C5)N6)nc(OCC5(CN6CCC(C=O)CC6)CC5)nc4c3F)c12. The number of nitrogens with one attached hydrogen (secondary N) is 1. The van der Waals surface area contributed by atoms with Crippen LogP contribution in [-0.2, 0) is 4.79 Å². The van der Waals surface area contributed by atoms with Gasteiger partial charge in [-0.25, -0.2) is 8.78 Å². The monoisotopic (exact) mass is 638 g/mol. The summed E-state index contributed by atoms with van der Waals surface area (Å²) in [5.41, 5.74) is 0.0435. The number of phenols is 1. The summed E-state index contributed by atoms with van der Waals surface area (Å²) in [5.74, 6) is 1.62. The molecule has 0 amide bonds. The van der Waals surface area contributed by atoms with Gasteiger partial charge in [0.1, 0.15) is 34.9 Å². The molecule has 9 nitrogen and oxygen atoms in total. The van der Waals surface area contributed by atoms with Gasteiger partial charge < -0.3 is 29.8 Å². The Morgan fingerprint density at radius 2 is 1.87 bits per heavy atom. The van der Waals surface area contributed by atoms with Gasteiger partial charge in [-0.05, 0) is 75.2 Å². The van der Waals surface area contributed by atoms with Crippen LogP contribution in [0.4, 0.5) is 14.6 Å². The van der Waals surface area contributed by atoms with Crippen LogP contribution in [0.1, 0.15) is 44.1 Å². The molecule has 1 saturated carbocycles. The van der Waals surface area contributed by atoms with E-state index in [0.717, 1.165) is 64.4 Å². The molecule has 11 heteroatoms. The van der Waals surface area contributed by atoms with E-state index in [1.807, 2.05) is 0 Å². The summed E-state index contributed by atoms with van der Waals surface area (Å²) in [7, 11) is 0. The van der Waals surface area contributed by atoms with Gasteiger partial charge >= 0.3 is 6.01 Å². The van der Waals surface area contributed by atoms with Gasteiger partial charge in [0.05, 0.1) is 17.6 Å². The van der Waals surface area contributed by atoms with Crippen molar-refractivity contribution in [1.29, 1.82) is 0 Å². The first-order valence-electron chi connectivity index (χ1n) is 16.4. The quantitative estimate of drug-likeness (QED) is 0.208. The van der Waals surface area contributed by atoms with E-state index in [9.17, 15) is 14.3 Å². The van der Waals surface area contributed by atoms with Crippen molar-refractivity contribution in [3.05, 3.63) is 47.7 Å². The number of aromatic hydroxyl groups is 1. The summed E-state index contributed by atoms with van der Waals surface area (Å²) in [6.45, 7) is 4.50. The van der Waals surface area contributed by atoms with Gasteiger partial charge in [0, 0.05) is 60.2 Å². The van der Waals surface area contributed by atoms with E-state index in [1.165, 1.54) is 24.3 Å². The molecular formula is C36H36F2N6O3. The third kappa shape index (κ3) is 5.53. The number of phenolic OH excluding ortho intramolecular Hbond substituents is 1. The van der Waals surface area contributed by atoms with Crippen molar-refractivity contribution in [2.24, 2.45) is 11.3 Å². The number of terminal acetylenes is 1. The zero-order chi connectivity index (χ0) is 32.3. The third-order valence-corrected chi connectivity index (χ3v) is 10.5. The molecule has 0 radical (unpaired) electrons. The zero-order valence-corrected chi connectivity index (χ0v) is 26.0. The Morgan fingerprint density at radius 3 is 2.57 bits per heavy atom. The molecule has 242 valence electrons. The van der Waals surface area contributed by atoms with E-state index in [1.54, 1.807) is 6.20 Å². The summed E-state index contributed by atoms with van der Waals surface area (Å²) < 4.78 is 38.0. The maximum absolute atomic E-state index is 16.8. The van der Waals surface area contributed by atoms with Crippen LogP contribution in [0.15, 0.2) is 30.5 Å². The lowest BCUT2D eigenvalue weighted by molar-refractivity contribution is -0.112. The van der Waals surface area contributed by atoms with Crippen molar-refractivity contribution in [2.75, 3.05) is 44.2 Å². The van der Waals surface area contributed by atoms with Gasteiger partial charge in [-0.3, -0.25) is 4.98 Å². The Balaban J connectivity index is 1.18. The number of piperazine rings is 1. The number of aromatic nitrogens is 3. The highest BCUT2D eigenvalue weighted by molar-refractivity contribution is 6.03. The van der Waals surface area contributed by atoms with Crippen molar-refractivity contribution in [2.45, 2.75) is 50.6 Å². The number of fused-ring (bicyclic) bond motifs is 4. The van der Waals surface area contributed by atoms with Gasteiger partial charge in [0.25, 0.3) is 0 Å². The maximum atomic E-state index is 16.8. The van der Waals surface area contributed by atoms with E-state index in [4.69, 9.17) is 16.1 Å². The molecule has 2 aromatic heterocycles. The highest BCUT2D eigenvalue weighted by Crippen LogP contribution is 2.47. The Bertz CT molecular complexity index is 1920. The zero-order valence-electron chi connectivity index (χ0n) is 26.0. The smallest absolute Gasteiger partial charge is 0.319 e. The molecule has 8 rings (SSSR count). The first-order valence-corrected chi connectivity index (χ1v) is 16.4. The number of carbonyl (C=O) groups is 1. The van der Waals surface area contributed by atoms with Crippen molar-refractivity contribution < 1.29 is 23.4 Å². The molecule has 3 saturated heterocycles. The minimum atomic E-state index is -0.729. The van der Waals surface area contributed by atoms with Crippen molar-refractivity contribution >= 4 is 33.8 Å². The van der Waals surface area contributed by atoms with Crippen LogP contribution in [0, 0.1) is 35.3 Å². The summed E-state index contributed by atoms with van der Waals surface area (Å²) in [5, 5.41) is 15.4. The molecule has 2 bridgehead atoms. The van der Waals surface area contributed by atoms with E-state index in [0.29, 0.717) is 48.4 Å². The number of pyridine rings is 1. The Labute approximate surface area is 271 Å². The number of hydrogen-bond donors (Lipinski definition) is 2. The summed E-state index contributed by atoms with van der Waals surface area (Å²) >= 11 is 0. The maximum Gasteiger partial charge on any atom is 0.319 e. The number of likely N-dealkylation sites (tertiary alicyclic amines) is 1. The number of carbonyl (C=O) groups excluding carboxylic acids is 1. The first-order chi connectivity index (χ1) is 22.8. The molecule has 2 N–H and O–H groups in total. The molecular weight excluding hydrogens is 602 g/mol. The molecule has 3 aliphatic heterocycles. The third-order valence-electron chi connectivity index (χ3n) is 10.5. The second-order valence-corrected chi connectivity index (χ2v) is 13.8. The minimum Gasteiger partial charge on any atom is -0.508 e. The number of rotatable bonds is 8. The number of aldehydes is 1. The first kappa shape index (κ1) is 30.0. The topological polar surface area (TPSA) is 104 Å². The van der Waals surface area contributed by atoms with Crippen molar-refractivity contribution in [3.63, 3.8) is 0 Å². The fourth-order valence-corrected chi connectivity index (χ4v) is 7.70. The highest BCUT2D eigenvalue weighted by Gasteiger charge is 2.45. The number of ether oxygens (including phenoxy) is 1. The Hall–Kier alpha value is -4.40. The van der Waals surface area contributed by atoms with E-state index in [2.05, 4.69) is 31.0 Å². The number of anilines is 1. The molecule has 4 aromatic rings. The van der Waals surface area contributed by atoms with Gasteiger partial charge in [0.15, 0.2) is 5.82 Å². The van der Waals surface area contributed by atoms with Crippen LogP contribution >= 0.6 is 0 Å². The van der Waals surface area contributed by atoms with Gasteiger partial charge in [-0.15, -0.1) is 6.42 Å². The van der Waals surface area contributed by atoms with Crippen molar-refractivity contribution in [1.82, 2.24) is 25.2 Å². The molecule has 2 atom stereocenters. The van der Waals surface area contributed by atoms with E-state index >= 15 is 4.39 Å². The van der Waals surface area contributed by atoms with E-state index < -0.39 is 11.6 Å². The lowest BCUT2D eigenvalue weighted by atomic mass is 9.96. The average molecular weight is 639 g/mol. The molecule has 2 aromatic carbocycles. The van der Waals surface area contributed by atoms with Crippen LogP contribution in [0.5, 0.6) is 11.8 Å². The van der Waals surface area contributed by atoms with Crippen LogP contribution < -0.4 is 15.0 Å². The molecule has 0 spiro atoms. The largest absolute Gasteiger partial charge is 0.508 e. The second-order valence-electron chi connectivity index (χ2n) is 13.8. The summed E-state index contributed by atoms with van der Waals surface area (Å²) in [6, 6.07) is 6.26. The molecule has 2 unspecified atom stereocenters. The van der Waals surface area contributed by atoms with Crippen LogP contribution in [0.25, 0.3) is 32.9 Å². The number of piperidine rings is 1. The molecule has 4 fully saturated rings. The predicted octanol–water partition coefficient (Wildman–Crippen LogP) is 4.82. The number of nitrogens with zero attached hydrogens (tertiary/aromatic N) is 5. The highest BCUT2D eigenvalue weighted by atomic mass is 19.1. The molecule has 5 heterocycles. The van der Waals surface area contributed by atoms with Gasteiger partial charge in [-0.1, -0.05) is 12.0 Å². The number of halogens is 2. The number of hydrogen-bond acceptors (Lipinski definition) is 9. The minimum absolute atomic E-state index is 0.0290. The fraction of sp³-hybridized carbons (Fsp3) is 0.444. The standard InChI is InChI=1S/C36H36F2N6O3/c1-2-26-29(37)6-3-22-13-25(46)14-27(30(22)26)32-31(38)33-28(15-39-32)34(44-16-23-4-5-24(17-44)40-23)42-35(41-33)47-20-36(9-10-36)19-43-11-7-21(18-45)8-12-43/h1,3,6,13-15,18,21,23-24,40,46H,4-5,7-12,16-17,19-20H2. The fourth-order valence-electron chi connectivity index (χ4n) is 7.70. The summed E-state index contributed by atoms with van der Waals surface area (Å²) in [4.78, 5) is 29.8. The molecule has 4 aliphatic rings. The lowest BCUT2D eigenvalue weighted by Gasteiger charge is -2.34.